The summed E-state index contributed by atoms with van der Waals surface area (Å²) < 4.78 is 10.8. The number of nitrogens with one attached hydrogen (secondary N) is 1. The standard InChI is InChI=1S/C17H21N3O5/c1-5-24-16(23)20(19-10(2)21)14-12-8-11(9-18)6-7-13(12)25-17(3,4)15(14)22/h6-8,14-15,22H,5H2,1-4H3,(H,19,21)/t14-,15+/m1/s1. The summed E-state index contributed by atoms with van der Waals surface area (Å²) in [5.41, 5.74) is 2.12. The highest BCUT2D eigenvalue weighted by Crippen LogP contribution is 2.42. The molecule has 0 bridgehead atoms. The van der Waals surface area contributed by atoms with Crippen molar-refractivity contribution in [1.82, 2.24) is 10.4 Å². The fourth-order valence-corrected chi connectivity index (χ4v) is 2.71. The van der Waals surface area contributed by atoms with E-state index in [0.717, 1.165) is 5.01 Å². The molecule has 1 aliphatic rings. The summed E-state index contributed by atoms with van der Waals surface area (Å²) >= 11 is 0. The fraction of sp³-hybridized carbons (Fsp3) is 0.471. The van der Waals surface area contributed by atoms with Crippen LogP contribution in [-0.2, 0) is 9.53 Å². The first-order chi connectivity index (χ1) is 11.7. The molecule has 0 spiro atoms. The Labute approximate surface area is 145 Å². The lowest BCUT2D eigenvalue weighted by Gasteiger charge is -2.45. The molecule has 0 radical (unpaired) electrons. The Morgan fingerprint density at radius 1 is 1.48 bits per heavy atom. The molecule has 8 nitrogen and oxygen atoms in total. The predicted octanol–water partition coefficient (Wildman–Crippen LogP) is 1.64. The van der Waals surface area contributed by atoms with Gasteiger partial charge in [-0.2, -0.15) is 5.26 Å². The molecule has 1 aromatic carbocycles. The average molecular weight is 347 g/mol. The Balaban J connectivity index is 2.60. The number of ether oxygens (including phenoxy) is 2. The topological polar surface area (TPSA) is 112 Å². The van der Waals surface area contributed by atoms with Crippen LogP contribution in [0, 0.1) is 11.3 Å². The third-order valence-corrected chi connectivity index (χ3v) is 3.86. The number of benzene rings is 1. The van der Waals surface area contributed by atoms with Crippen molar-refractivity contribution >= 4 is 12.0 Å². The van der Waals surface area contributed by atoms with Crippen LogP contribution in [-0.4, -0.2) is 40.4 Å². The average Bonchev–Trinajstić information content (AvgIpc) is 2.54. The maximum Gasteiger partial charge on any atom is 0.429 e. The van der Waals surface area contributed by atoms with Gasteiger partial charge in [-0.25, -0.2) is 9.80 Å². The van der Waals surface area contributed by atoms with E-state index in [1.807, 2.05) is 6.07 Å². The first kappa shape index (κ1) is 18.5. The molecule has 2 N–H and O–H groups in total. The lowest BCUT2D eigenvalue weighted by molar-refractivity contribution is -0.131. The number of amides is 2. The fourth-order valence-electron chi connectivity index (χ4n) is 2.71. The highest BCUT2D eigenvalue weighted by atomic mass is 16.6. The van der Waals surface area contributed by atoms with Crippen molar-refractivity contribution in [2.45, 2.75) is 45.4 Å². The molecule has 0 fully saturated rings. The van der Waals surface area contributed by atoms with Crippen LogP contribution in [0.1, 0.15) is 44.9 Å². The number of carbonyl (C=O) groups excluding carboxylic acids is 2. The summed E-state index contributed by atoms with van der Waals surface area (Å²) in [5.74, 6) is -0.0820. The highest BCUT2D eigenvalue weighted by molar-refractivity contribution is 5.77. The van der Waals surface area contributed by atoms with Gasteiger partial charge in [-0.1, -0.05) is 0 Å². The smallest absolute Gasteiger partial charge is 0.429 e. The van der Waals surface area contributed by atoms with Gasteiger partial charge < -0.3 is 14.6 Å². The monoisotopic (exact) mass is 347 g/mol. The molecule has 0 saturated heterocycles. The Hall–Kier alpha value is -2.79. The third-order valence-electron chi connectivity index (χ3n) is 3.86. The number of hydrazine groups is 1. The SMILES string of the molecule is CCOC(=O)N(NC(C)=O)[C@@H]1c2cc(C#N)ccc2OC(C)(C)[C@H]1O. The van der Waals surface area contributed by atoms with Gasteiger partial charge in [-0.3, -0.25) is 10.2 Å². The molecule has 134 valence electrons. The molecule has 1 aliphatic heterocycles. The zero-order chi connectivity index (χ0) is 18.8. The van der Waals surface area contributed by atoms with E-state index in [1.54, 1.807) is 32.9 Å². The van der Waals surface area contributed by atoms with Crippen LogP contribution in [0.25, 0.3) is 0 Å². The zero-order valence-electron chi connectivity index (χ0n) is 14.6. The number of rotatable bonds is 2. The maximum absolute atomic E-state index is 12.4. The van der Waals surface area contributed by atoms with E-state index in [-0.39, 0.29) is 6.61 Å². The van der Waals surface area contributed by atoms with Gasteiger partial charge in [-0.05, 0) is 39.0 Å². The number of aliphatic hydroxyl groups excluding tert-OH is 1. The van der Waals surface area contributed by atoms with Crippen molar-refractivity contribution < 1.29 is 24.2 Å². The van der Waals surface area contributed by atoms with Gasteiger partial charge in [0.05, 0.1) is 18.2 Å². The van der Waals surface area contributed by atoms with Crippen molar-refractivity contribution in [3.63, 3.8) is 0 Å². The molecule has 0 unspecified atom stereocenters. The van der Waals surface area contributed by atoms with Gasteiger partial charge in [0.25, 0.3) is 0 Å². The van der Waals surface area contributed by atoms with Crippen molar-refractivity contribution in [1.29, 1.82) is 5.26 Å². The number of carbonyl (C=O) groups is 2. The second-order valence-corrected chi connectivity index (χ2v) is 6.20. The second kappa shape index (κ2) is 6.99. The van der Waals surface area contributed by atoms with Crippen molar-refractivity contribution in [3.8, 4) is 11.8 Å². The minimum Gasteiger partial charge on any atom is -0.485 e. The molecule has 2 atom stereocenters. The first-order valence-corrected chi connectivity index (χ1v) is 7.85. The number of fused-ring (bicyclic) bond motifs is 1. The Bertz CT molecular complexity index is 725. The molecule has 1 heterocycles. The van der Waals surface area contributed by atoms with Gasteiger partial charge in [-0.15, -0.1) is 0 Å². The van der Waals surface area contributed by atoms with E-state index in [2.05, 4.69) is 5.43 Å². The summed E-state index contributed by atoms with van der Waals surface area (Å²) in [4.78, 5) is 24.0. The van der Waals surface area contributed by atoms with Crippen LogP contribution in [0.2, 0.25) is 0 Å². The van der Waals surface area contributed by atoms with Crippen LogP contribution in [0.4, 0.5) is 4.79 Å². The molecule has 2 amide bonds. The molecular weight excluding hydrogens is 326 g/mol. The maximum atomic E-state index is 12.4. The Morgan fingerprint density at radius 2 is 2.16 bits per heavy atom. The van der Waals surface area contributed by atoms with Crippen LogP contribution >= 0.6 is 0 Å². The highest BCUT2D eigenvalue weighted by Gasteiger charge is 2.48. The molecular formula is C17H21N3O5. The van der Waals surface area contributed by atoms with E-state index in [9.17, 15) is 14.7 Å². The van der Waals surface area contributed by atoms with Crippen molar-refractivity contribution in [3.05, 3.63) is 29.3 Å². The summed E-state index contributed by atoms with van der Waals surface area (Å²) in [7, 11) is 0. The van der Waals surface area contributed by atoms with Crippen LogP contribution in [0.3, 0.4) is 0 Å². The van der Waals surface area contributed by atoms with Crippen molar-refractivity contribution in [2.24, 2.45) is 0 Å². The second-order valence-electron chi connectivity index (χ2n) is 6.20. The van der Waals surface area contributed by atoms with E-state index < -0.39 is 29.7 Å². The molecule has 25 heavy (non-hydrogen) atoms. The third kappa shape index (κ3) is 3.67. The normalized spacial score (nSPS) is 20.5. The quantitative estimate of drug-likeness (QED) is 0.787. The van der Waals surface area contributed by atoms with Crippen molar-refractivity contribution in [2.75, 3.05) is 6.61 Å². The molecule has 1 aromatic rings. The van der Waals surface area contributed by atoms with Gasteiger partial charge >= 0.3 is 6.09 Å². The zero-order valence-corrected chi connectivity index (χ0v) is 14.6. The molecule has 2 rings (SSSR count). The number of nitriles is 1. The van der Waals surface area contributed by atoms with Gasteiger partial charge in [0.1, 0.15) is 23.5 Å². The predicted molar refractivity (Wildman–Crippen MR) is 87.3 cm³/mol. The number of hydrogen-bond acceptors (Lipinski definition) is 6. The minimum absolute atomic E-state index is 0.0999. The van der Waals surface area contributed by atoms with Gasteiger partial charge in [0.15, 0.2) is 0 Å². The summed E-state index contributed by atoms with van der Waals surface area (Å²) in [5, 5.41) is 20.9. The molecule has 8 heteroatoms. The Morgan fingerprint density at radius 3 is 2.72 bits per heavy atom. The van der Waals surface area contributed by atoms with Gasteiger partial charge in [0.2, 0.25) is 5.91 Å². The lowest BCUT2D eigenvalue weighted by Crippen LogP contribution is -2.58. The van der Waals surface area contributed by atoms with E-state index in [4.69, 9.17) is 14.7 Å². The Kier molecular flexibility index (Phi) is 5.18. The largest absolute Gasteiger partial charge is 0.485 e. The van der Waals surface area contributed by atoms with Crippen LogP contribution < -0.4 is 10.2 Å². The number of aliphatic hydroxyl groups is 1. The van der Waals surface area contributed by atoms with E-state index >= 15 is 0 Å². The number of nitrogens with zero attached hydrogens (tertiary/aromatic N) is 2. The molecule has 0 saturated carbocycles. The minimum atomic E-state index is -1.18. The summed E-state index contributed by atoms with van der Waals surface area (Å²) in [6.07, 6.45) is -1.99. The first-order valence-electron chi connectivity index (χ1n) is 7.85. The molecule has 0 aliphatic carbocycles. The number of hydrogen-bond donors (Lipinski definition) is 2. The molecule has 0 aromatic heterocycles. The van der Waals surface area contributed by atoms with Gasteiger partial charge in [0, 0.05) is 12.5 Å². The lowest BCUT2D eigenvalue weighted by atomic mass is 9.85. The summed E-state index contributed by atoms with van der Waals surface area (Å²) in [6.45, 7) is 6.32. The van der Waals surface area contributed by atoms with Crippen LogP contribution in [0.15, 0.2) is 18.2 Å². The van der Waals surface area contributed by atoms with E-state index in [0.29, 0.717) is 16.9 Å². The van der Waals surface area contributed by atoms with Crippen LogP contribution in [0.5, 0.6) is 5.75 Å². The summed E-state index contributed by atoms with van der Waals surface area (Å²) in [6, 6.07) is 5.73. The van der Waals surface area contributed by atoms with E-state index in [1.165, 1.54) is 13.0 Å².